The van der Waals surface area contributed by atoms with Crippen molar-refractivity contribution in [2.24, 2.45) is 10.8 Å². The number of benzene rings is 4. The lowest BCUT2D eigenvalue weighted by atomic mass is 9.72. The summed E-state index contributed by atoms with van der Waals surface area (Å²) in [4.78, 5) is 2.91. The van der Waals surface area contributed by atoms with Gasteiger partial charge in [0.15, 0.2) is 23.0 Å². The minimum atomic E-state index is -0.311. The molecule has 0 saturated carbocycles. The number of nitrogens with zero attached hydrogens (tertiary/aromatic N) is 6. The molecule has 0 saturated heterocycles. The summed E-state index contributed by atoms with van der Waals surface area (Å²) in [6, 6.07) is 22.8. The zero-order valence-electron chi connectivity index (χ0n) is 30.3. The summed E-state index contributed by atoms with van der Waals surface area (Å²) in [6.07, 6.45) is 1.73. The lowest BCUT2D eigenvalue weighted by Gasteiger charge is -2.34. The minimum Gasteiger partial charge on any atom is -0.503 e. The highest BCUT2D eigenvalue weighted by molar-refractivity contribution is 5.75. The molecule has 0 atom stereocenters. The van der Waals surface area contributed by atoms with Gasteiger partial charge in [-0.2, -0.15) is 0 Å². The SMILES string of the molecule is CC(C)(C)CC(C)(C)c1cc(Oc2cc(C(C)(C)CC(C)(C)C)cc(-n3nc4ccccc4n3)c2O)c(O)c(-n2nc3ccccc3n2)c1. The number of fused-ring (bicyclic) bond motifs is 2. The Labute approximate surface area is 288 Å². The van der Waals surface area contributed by atoms with E-state index in [1.807, 2.05) is 72.8 Å². The average Bonchev–Trinajstić information content (AvgIpc) is 3.61. The van der Waals surface area contributed by atoms with Crippen LogP contribution in [-0.4, -0.2) is 40.2 Å². The maximum Gasteiger partial charge on any atom is 0.186 e. The van der Waals surface area contributed by atoms with Gasteiger partial charge in [0.25, 0.3) is 0 Å². The lowest BCUT2D eigenvalue weighted by Crippen LogP contribution is -2.25. The molecule has 0 unspecified atom stereocenters. The van der Waals surface area contributed by atoms with Crippen molar-refractivity contribution in [3.05, 3.63) is 83.9 Å². The third-order valence-corrected chi connectivity index (χ3v) is 8.84. The molecule has 9 nitrogen and oxygen atoms in total. The van der Waals surface area contributed by atoms with Gasteiger partial charge < -0.3 is 14.9 Å². The number of rotatable bonds is 8. The van der Waals surface area contributed by atoms with Gasteiger partial charge in [0, 0.05) is 0 Å². The first kappa shape index (κ1) is 34.0. The van der Waals surface area contributed by atoms with E-state index >= 15 is 0 Å². The van der Waals surface area contributed by atoms with Crippen molar-refractivity contribution in [2.45, 2.75) is 92.9 Å². The van der Waals surface area contributed by atoms with Crippen LogP contribution in [0, 0.1) is 10.8 Å². The maximum atomic E-state index is 11.9. The Kier molecular flexibility index (Phi) is 8.24. The van der Waals surface area contributed by atoms with Gasteiger partial charge in [-0.25, -0.2) is 0 Å². The first-order valence-electron chi connectivity index (χ1n) is 16.9. The number of phenolic OH excluding ortho intramolecular Hbond substituents is 2. The van der Waals surface area contributed by atoms with E-state index in [-0.39, 0.29) is 44.7 Å². The van der Waals surface area contributed by atoms with E-state index in [2.05, 4.69) is 89.6 Å². The molecule has 0 aliphatic heterocycles. The smallest absolute Gasteiger partial charge is 0.186 e. The predicted molar refractivity (Wildman–Crippen MR) is 195 cm³/mol. The molecule has 0 aliphatic carbocycles. The van der Waals surface area contributed by atoms with Crippen molar-refractivity contribution in [1.82, 2.24) is 30.0 Å². The van der Waals surface area contributed by atoms with Crippen LogP contribution < -0.4 is 4.74 Å². The number of aromatic nitrogens is 6. The molecule has 0 spiro atoms. The largest absolute Gasteiger partial charge is 0.503 e. The number of phenols is 2. The molecule has 2 N–H and O–H groups in total. The van der Waals surface area contributed by atoms with Crippen LogP contribution in [0.15, 0.2) is 72.8 Å². The zero-order valence-corrected chi connectivity index (χ0v) is 30.3. The topological polar surface area (TPSA) is 111 Å². The van der Waals surface area contributed by atoms with E-state index in [0.29, 0.717) is 33.4 Å². The number of aromatic hydroxyl groups is 2. The van der Waals surface area contributed by atoms with E-state index in [0.717, 1.165) is 24.0 Å². The van der Waals surface area contributed by atoms with Crippen LogP contribution in [0.4, 0.5) is 0 Å². The average molecular weight is 661 g/mol. The third-order valence-electron chi connectivity index (χ3n) is 8.84. The summed E-state index contributed by atoms with van der Waals surface area (Å²) in [7, 11) is 0. The summed E-state index contributed by atoms with van der Waals surface area (Å²) in [5, 5.41) is 42.5. The summed E-state index contributed by atoms with van der Waals surface area (Å²) in [5.74, 6) is 0.0839. The fourth-order valence-corrected chi connectivity index (χ4v) is 7.34. The van der Waals surface area contributed by atoms with Crippen LogP contribution in [0.25, 0.3) is 33.4 Å². The van der Waals surface area contributed by atoms with Gasteiger partial charge in [-0.3, -0.25) is 0 Å². The molecular weight excluding hydrogens is 612 g/mol. The Morgan fingerprint density at radius 1 is 0.510 bits per heavy atom. The van der Waals surface area contributed by atoms with Crippen LogP contribution in [-0.2, 0) is 10.8 Å². The highest BCUT2D eigenvalue weighted by Crippen LogP contribution is 2.47. The Balaban J connectivity index is 1.55. The Morgan fingerprint density at radius 3 is 1.10 bits per heavy atom. The number of hydrogen-bond donors (Lipinski definition) is 2. The monoisotopic (exact) mass is 660 g/mol. The molecule has 256 valence electrons. The molecule has 6 rings (SSSR count). The third kappa shape index (κ3) is 7.12. The molecule has 9 heteroatoms. The molecule has 0 fully saturated rings. The van der Waals surface area contributed by atoms with Gasteiger partial charge in [0.1, 0.15) is 33.4 Å². The molecule has 6 aromatic rings. The second-order valence-corrected chi connectivity index (χ2v) is 17.0. The second-order valence-electron chi connectivity index (χ2n) is 17.0. The van der Waals surface area contributed by atoms with Crippen LogP contribution in [0.2, 0.25) is 0 Å². The standard InChI is InChI=1S/C40H48N6O3/c1-37(2,3)23-39(7,8)25-19-31(45-41-27-15-11-12-16-28(27)42-45)35(47)33(21-25)49-34-22-26(40(9,10)24-38(4,5)6)20-32(36(34)48)46-43-29-17-13-14-18-30(29)44-46/h11-22,47-48H,23-24H2,1-10H3. The summed E-state index contributed by atoms with van der Waals surface area (Å²) in [5.41, 5.74) is 4.91. The Bertz CT molecular complexity index is 1940. The van der Waals surface area contributed by atoms with Crippen molar-refractivity contribution in [2.75, 3.05) is 0 Å². The lowest BCUT2D eigenvalue weighted by molar-refractivity contribution is 0.282. The Morgan fingerprint density at radius 2 is 0.816 bits per heavy atom. The summed E-state index contributed by atoms with van der Waals surface area (Å²) < 4.78 is 6.61. The molecule has 0 radical (unpaired) electrons. The van der Waals surface area contributed by atoms with E-state index in [9.17, 15) is 10.2 Å². The van der Waals surface area contributed by atoms with Crippen molar-refractivity contribution in [1.29, 1.82) is 0 Å². The predicted octanol–water partition coefficient (Wildman–Crippen LogP) is 9.79. The van der Waals surface area contributed by atoms with Crippen molar-refractivity contribution < 1.29 is 14.9 Å². The van der Waals surface area contributed by atoms with Crippen LogP contribution in [0.3, 0.4) is 0 Å². The first-order chi connectivity index (χ1) is 22.8. The van der Waals surface area contributed by atoms with Gasteiger partial charge in [-0.1, -0.05) is 93.5 Å². The zero-order chi connectivity index (χ0) is 35.5. The van der Waals surface area contributed by atoms with E-state index in [1.165, 1.54) is 9.59 Å². The highest BCUT2D eigenvalue weighted by atomic mass is 16.5. The fraction of sp³-hybridized carbons (Fsp3) is 0.400. The van der Waals surface area contributed by atoms with Crippen LogP contribution >= 0.6 is 0 Å². The van der Waals surface area contributed by atoms with Gasteiger partial charge in [0.2, 0.25) is 0 Å². The summed E-state index contributed by atoms with van der Waals surface area (Å²) in [6.45, 7) is 22.0. The van der Waals surface area contributed by atoms with Gasteiger partial charge in [0.05, 0.1) is 0 Å². The number of ether oxygens (including phenoxy) is 1. The molecular formula is C40H48N6O3. The second kappa shape index (κ2) is 11.9. The number of hydrogen-bond acceptors (Lipinski definition) is 7. The molecule has 0 amide bonds. The molecule has 2 heterocycles. The fourth-order valence-electron chi connectivity index (χ4n) is 7.34. The summed E-state index contributed by atoms with van der Waals surface area (Å²) >= 11 is 0. The minimum absolute atomic E-state index is 0.0294. The molecule has 0 aliphatic rings. The quantitative estimate of drug-likeness (QED) is 0.167. The molecule has 4 aromatic carbocycles. The van der Waals surface area contributed by atoms with E-state index in [4.69, 9.17) is 4.74 Å². The van der Waals surface area contributed by atoms with Crippen LogP contribution in [0.5, 0.6) is 23.0 Å². The van der Waals surface area contributed by atoms with E-state index < -0.39 is 0 Å². The van der Waals surface area contributed by atoms with E-state index in [1.54, 1.807) is 0 Å². The molecule has 49 heavy (non-hydrogen) atoms. The molecule has 0 bridgehead atoms. The van der Waals surface area contributed by atoms with Gasteiger partial charge in [-0.15, -0.1) is 30.0 Å². The highest BCUT2D eigenvalue weighted by Gasteiger charge is 2.32. The first-order valence-corrected chi connectivity index (χ1v) is 16.9. The van der Waals surface area contributed by atoms with Gasteiger partial charge in [-0.05, 0) is 94.2 Å². The van der Waals surface area contributed by atoms with Crippen LogP contribution in [0.1, 0.15) is 93.2 Å². The van der Waals surface area contributed by atoms with Crippen molar-refractivity contribution in [3.8, 4) is 34.4 Å². The van der Waals surface area contributed by atoms with Crippen molar-refractivity contribution in [3.63, 3.8) is 0 Å². The molecule has 2 aromatic heterocycles. The van der Waals surface area contributed by atoms with Crippen molar-refractivity contribution >= 4 is 22.1 Å². The maximum absolute atomic E-state index is 11.9. The normalized spacial score (nSPS) is 13.0. The van der Waals surface area contributed by atoms with Gasteiger partial charge >= 0.3 is 0 Å². The Hall–Kier alpha value is -4.92.